The summed E-state index contributed by atoms with van der Waals surface area (Å²) in [6, 6.07) is 9.66. The number of carbonyl (C=O) groups excluding carboxylic acids is 1. The van der Waals surface area contributed by atoms with E-state index in [4.69, 9.17) is 4.52 Å². The smallest absolute Gasteiger partial charge is 0.232 e. The molecule has 1 amide bonds. The van der Waals surface area contributed by atoms with Crippen molar-refractivity contribution in [2.75, 3.05) is 26.0 Å². The third-order valence-corrected chi connectivity index (χ3v) is 4.09. The predicted octanol–water partition coefficient (Wildman–Crippen LogP) is 1.81. The van der Waals surface area contributed by atoms with E-state index < -0.39 is 0 Å². The fraction of sp³-hybridized carbons (Fsp3) is 0.353. The maximum absolute atomic E-state index is 12.1. The number of para-hydroxylation sites is 1. The number of aromatic nitrogens is 1. The molecule has 1 aliphatic rings. The number of anilines is 1. The molecule has 7 heteroatoms. The minimum absolute atomic E-state index is 0.0592. The van der Waals surface area contributed by atoms with Crippen molar-refractivity contribution >= 4 is 17.6 Å². The van der Waals surface area contributed by atoms with E-state index in [0.717, 1.165) is 22.9 Å². The molecule has 0 saturated carbocycles. The molecule has 3 rings (SSSR count). The summed E-state index contributed by atoms with van der Waals surface area (Å²) in [6.45, 7) is 1.26. The summed E-state index contributed by atoms with van der Waals surface area (Å²) < 4.78 is 4.84. The molecule has 0 fully saturated rings. The van der Waals surface area contributed by atoms with E-state index in [1.807, 2.05) is 42.3 Å². The van der Waals surface area contributed by atoms with E-state index in [9.17, 15) is 4.79 Å². The highest BCUT2D eigenvalue weighted by Gasteiger charge is 2.29. The minimum Gasteiger partial charge on any atom is -0.364 e. The van der Waals surface area contributed by atoms with Crippen LogP contribution >= 0.6 is 0 Å². The van der Waals surface area contributed by atoms with Crippen LogP contribution < -0.4 is 10.6 Å². The van der Waals surface area contributed by atoms with Crippen molar-refractivity contribution in [1.82, 2.24) is 15.4 Å². The van der Waals surface area contributed by atoms with Crippen molar-refractivity contribution < 1.29 is 9.32 Å². The third-order valence-electron chi connectivity index (χ3n) is 4.09. The summed E-state index contributed by atoms with van der Waals surface area (Å²) in [5.74, 6) is 0.696. The molecule has 1 aromatic carbocycles. The Morgan fingerprint density at radius 1 is 1.42 bits per heavy atom. The first-order chi connectivity index (χ1) is 11.7. The van der Waals surface area contributed by atoms with Crippen LogP contribution in [0.3, 0.4) is 0 Å². The number of carbonyl (C=O) groups is 1. The number of aliphatic imine (C=N–C) groups is 1. The molecule has 0 bridgehead atoms. The summed E-state index contributed by atoms with van der Waals surface area (Å²) in [5.41, 5.74) is 2.82. The second-order valence-corrected chi connectivity index (χ2v) is 5.74. The van der Waals surface area contributed by atoms with Crippen molar-refractivity contribution in [3.05, 3.63) is 47.9 Å². The standard InChI is InChI=1S/C17H21N5O2/c1-18-17(22(2)11-12-8-10-24-21-12)19-9-7-14-13-5-3-4-6-15(13)20-16(14)23/h3-6,8,10,14H,7,9,11H2,1-2H3,(H,18,19)(H,20,23). The first-order valence-electron chi connectivity index (χ1n) is 7.90. The number of hydrogen-bond acceptors (Lipinski definition) is 4. The lowest BCUT2D eigenvalue weighted by molar-refractivity contribution is -0.117. The fourth-order valence-electron chi connectivity index (χ4n) is 2.91. The first kappa shape index (κ1) is 16.0. The molecule has 126 valence electrons. The van der Waals surface area contributed by atoms with Gasteiger partial charge in [0.25, 0.3) is 0 Å². The quantitative estimate of drug-likeness (QED) is 0.646. The normalized spacial score (nSPS) is 16.7. The Balaban J connectivity index is 1.54. The summed E-state index contributed by atoms with van der Waals surface area (Å²) >= 11 is 0. The highest BCUT2D eigenvalue weighted by atomic mass is 16.5. The van der Waals surface area contributed by atoms with Gasteiger partial charge < -0.3 is 20.1 Å². The molecule has 0 radical (unpaired) electrons. The van der Waals surface area contributed by atoms with Gasteiger partial charge in [-0.25, -0.2) is 0 Å². The zero-order valence-corrected chi connectivity index (χ0v) is 13.8. The Kier molecular flexibility index (Phi) is 4.79. The van der Waals surface area contributed by atoms with E-state index in [1.54, 1.807) is 13.3 Å². The Hall–Kier alpha value is -2.83. The summed E-state index contributed by atoms with van der Waals surface area (Å²) in [7, 11) is 3.67. The number of hydrogen-bond donors (Lipinski definition) is 2. The molecule has 1 atom stereocenters. The fourth-order valence-corrected chi connectivity index (χ4v) is 2.91. The van der Waals surface area contributed by atoms with Crippen LogP contribution in [0.2, 0.25) is 0 Å². The van der Waals surface area contributed by atoms with E-state index >= 15 is 0 Å². The van der Waals surface area contributed by atoms with Gasteiger partial charge in [0.15, 0.2) is 5.96 Å². The number of nitrogens with one attached hydrogen (secondary N) is 2. The Morgan fingerprint density at radius 2 is 2.25 bits per heavy atom. The number of nitrogens with zero attached hydrogens (tertiary/aromatic N) is 3. The van der Waals surface area contributed by atoms with Crippen molar-refractivity contribution in [2.24, 2.45) is 4.99 Å². The van der Waals surface area contributed by atoms with Gasteiger partial charge in [-0.05, 0) is 18.1 Å². The van der Waals surface area contributed by atoms with E-state index in [0.29, 0.717) is 19.5 Å². The van der Waals surface area contributed by atoms with Crippen molar-refractivity contribution in [1.29, 1.82) is 0 Å². The van der Waals surface area contributed by atoms with Gasteiger partial charge in [-0.1, -0.05) is 23.4 Å². The van der Waals surface area contributed by atoms with Crippen LogP contribution in [0.25, 0.3) is 0 Å². The maximum atomic E-state index is 12.1. The average Bonchev–Trinajstić information content (AvgIpc) is 3.19. The van der Waals surface area contributed by atoms with E-state index in [1.165, 1.54) is 0 Å². The second kappa shape index (κ2) is 7.16. The maximum Gasteiger partial charge on any atom is 0.232 e. The first-order valence-corrected chi connectivity index (χ1v) is 7.90. The highest BCUT2D eigenvalue weighted by Crippen LogP contribution is 2.33. The van der Waals surface area contributed by atoms with Crippen molar-refractivity contribution in [3.63, 3.8) is 0 Å². The topological polar surface area (TPSA) is 82.8 Å². The molecule has 1 unspecified atom stereocenters. The van der Waals surface area contributed by atoms with Gasteiger partial charge >= 0.3 is 0 Å². The molecule has 0 saturated heterocycles. The third kappa shape index (κ3) is 3.40. The van der Waals surface area contributed by atoms with Crippen LogP contribution in [0.15, 0.2) is 46.1 Å². The molecule has 2 heterocycles. The van der Waals surface area contributed by atoms with E-state index in [-0.39, 0.29) is 11.8 Å². The molecule has 2 N–H and O–H groups in total. The van der Waals surface area contributed by atoms with Crippen LogP contribution in [-0.4, -0.2) is 42.6 Å². The van der Waals surface area contributed by atoms with Crippen molar-refractivity contribution in [3.8, 4) is 0 Å². The van der Waals surface area contributed by atoms with Crippen LogP contribution in [0.5, 0.6) is 0 Å². The van der Waals surface area contributed by atoms with Crippen LogP contribution in [-0.2, 0) is 11.3 Å². The molecule has 0 spiro atoms. The van der Waals surface area contributed by atoms with Crippen molar-refractivity contribution in [2.45, 2.75) is 18.9 Å². The van der Waals surface area contributed by atoms with Crippen LogP contribution in [0.1, 0.15) is 23.6 Å². The summed E-state index contributed by atoms with van der Waals surface area (Å²) in [4.78, 5) is 18.4. The zero-order valence-electron chi connectivity index (χ0n) is 13.8. The van der Waals surface area contributed by atoms with Gasteiger partial charge in [-0.15, -0.1) is 0 Å². The molecule has 1 aromatic heterocycles. The molecular weight excluding hydrogens is 306 g/mol. The van der Waals surface area contributed by atoms with Crippen LogP contribution in [0, 0.1) is 0 Å². The van der Waals surface area contributed by atoms with E-state index in [2.05, 4.69) is 20.8 Å². The second-order valence-electron chi connectivity index (χ2n) is 5.74. The number of rotatable bonds is 5. The van der Waals surface area contributed by atoms with Gasteiger partial charge in [0.2, 0.25) is 5.91 Å². The number of amides is 1. The number of fused-ring (bicyclic) bond motifs is 1. The SMILES string of the molecule is CN=C(NCCC1C(=O)Nc2ccccc21)N(C)Cc1ccon1. The lowest BCUT2D eigenvalue weighted by atomic mass is 9.97. The molecule has 24 heavy (non-hydrogen) atoms. The van der Waals surface area contributed by atoms with Gasteiger partial charge in [-0.3, -0.25) is 9.79 Å². The molecule has 1 aliphatic heterocycles. The van der Waals surface area contributed by atoms with Gasteiger partial charge in [0, 0.05) is 32.4 Å². The van der Waals surface area contributed by atoms with Gasteiger partial charge in [-0.2, -0.15) is 0 Å². The Labute approximate surface area is 140 Å². The number of benzene rings is 1. The Bertz CT molecular complexity index is 726. The Morgan fingerprint density at radius 3 is 3.00 bits per heavy atom. The van der Waals surface area contributed by atoms with Crippen LogP contribution in [0.4, 0.5) is 5.69 Å². The monoisotopic (exact) mass is 327 g/mol. The largest absolute Gasteiger partial charge is 0.364 e. The molecule has 7 nitrogen and oxygen atoms in total. The van der Waals surface area contributed by atoms with Gasteiger partial charge in [0.1, 0.15) is 12.0 Å². The zero-order chi connectivity index (χ0) is 16.9. The van der Waals surface area contributed by atoms with Gasteiger partial charge in [0.05, 0.1) is 12.5 Å². The molecular formula is C17H21N5O2. The summed E-state index contributed by atoms with van der Waals surface area (Å²) in [6.07, 6.45) is 2.26. The number of guanidine groups is 1. The molecule has 2 aromatic rings. The summed E-state index contributed by atoms with van der Waals surface area (Å²) in [5, 5.41) is 10.1. The minimum atomic E-state index is -0.118. The lowest BCUT2D eigenvalue weighted by Gasteiger charge is -2.21. The molecule has 0 aliphatic carbocycles. The highest BCUT2D eigenvalue weighted by molar-refractivity contribution is 6.02. The average molecular weight is 327 g/mol. The lowest BCUT2D eigenvalue weighted by Crippen LogP contribution is -2.39. The predicted molar refractivity (Wildman–Crippen MR) is 91.8 cm³/mol.